The standard InChI is InChI=1S/C18H10FINO/c1-9-7-10(19)8-12-11-3-2-4-13-16(11)17-14(22-13)5-6-21(20)18(17)15(9)12/h2-8H,1H3/q+1. The monoisotopic (exact) mass is 402 g/mol. The van der Waals surface area contributed by atoms with Gasteiger partial charge in [0.05, 0.1) is 5.39 Å². The Labute approximate surface area is 139 Å². The number of aryl methyl sites for hydroxylation is 1. The summed E-state index contributed by atoms with van der Waals surface area (Å²) in [6.45, 7) is 1.96. The van der Waals surface area contributed by atoms with Gasteiger partial charge in [-0.1, -0.05) is 12.1 Å². The van der Waals surface area contributed by atoms with Gasteiger partial charge in [0.25, 0.3) is 0 Å². The maximum atomic E-state index is 14.0. The van der Waals surface area contributed by atoms with Gasteiger partial charge < -0.3 is 4.42 Å². The van der Waals surface area contributed by atoms with Crippen LogP contribution in [0.5, 0.6) is 0 Å². The molecular weight excluding hydrogens is 392 g/mol. The molecule has 5 rings (SSSR count). The zero-order chi connectivity index (χ0) is 15.0. The van der Waals surface area contributed by atoms with Gasteiger partial charge in [-0.3, -0.25) is 0 Å². The molecule has 0 amide bonds. The van der Waals surface area contributed by atoms with E-state index < -0.39 is 0 Å². The zero-order valence-electron chi connectivity index (χ0n) is 11.7. The van der Waals surface area contributed by atoms with Gasteiger partial charge >= 0.3 is 22.9 Å². The normalized spacial score (nSPS) is 12.3. The van der Waals surface area contributed by atoms with Crippen molar-refractivity contribution < 1.29 is 11.6 Å². The molecule has 5 aromatic rings. The Morgan fingerprint density at radius 1 is 1.00 bits per heavy atom. The van der Waals surface area contributed by atoms with Crippen molar-refractivity contribution in [3.05, 3.63) is 54.0 Å². The average Bonchev–Trinajstić information content (AvgIpc) is 2.86. The number of hydrogen-bond acceptors (Lipinski definition) is 1. The molecule has 0 radical (unpaired) electrons. The molecule has 4 heteroatoms. The van der Waals surface area contributed by atoms with Crippen LogP contribution in [0.25, 0.3) is 43.6 Å². The van der Waals surface area contributed by atoms with E-state index in [0.717, 1.165) is 49.2 Å². The van der Waals surface area contributed by atoms with Crippen molar-refractivity contribution in [1.29, 1.82) is 0 Å². The van der Waals surface area contributed by atoms with E-state index in [1.807, 2.05) is 37.4 Å². The number of nitrogens with zero attached hydrogens (tertiary/aromatic N) is 1. The molecule has 0 saturated carbocycles. The molecule has 0 aliphatic carbocycles. The number of rotatable bonds is 0. The van der Waals surface area contributed by atoms with Crippen LogP contribution in [0, 0.1) is 12.7 Å². The van der Waals surface area contributed by atoms with Crippen LogP contribution in [0.1, 0.15) is 5.56 Å². The predicted octanol–water partition coefficient (Wildman–Crippen LogP) is 5.26. The van der Waals surface area contributed by atoms with Crippen LogP contribution in [0.2, 0.25) is 0 Å². The number of halogens is 2. The summed E-state index contributed by atoms with van der Waals surface area (Å²) in [5.74, 6) is -0.201. The highest BCUT2D eigenvalue weighted by atomic mass is 127. The first-order chi connectivity index (χ1) is 10.6. The highest BCUT2D eigenvalue weighted by Crippen LogP contribution is 2.42. The van der Waals surface area contributed by atoms with Gasteiger partial charge in [0.15, 0.2) is 6.20 Å². The van der Waals surface area contributed by atoms with Crippen molar-refractivity contribution >= 4 is 66.5 Å². The topological polar surface area (TPSA) is 17.0 Å². The van der Waals surface area contributed by atoms with Gasteiger partial charge in [-0.2, -0.15) is 0 Å². The van der Waals surface area contributed by atoms with Crippen molar-refractivity contribution in [3.63, 3.8) is 0 Å². The summed E-state index contributed by atoms with van der Waals surface area (Å²) < 4.78 is 22.1. The molecule has 0 N–H and O–H groups in total. The highest BCUT2D eigenvalue weighted by Gasteiger charge is 2.24. The van der Waals surface area contributed by atoms with Crippen molar-refractivity contribution in [3.8, 4) is 0 Å². The molecule has 0 fully saturated rings. The van der Waals surface area contributed by atoms with E-state index in [9.17, 15) is 4.39 Å². The Morgan fingerprint density at radius 2 is 1.82 bits per heavy atom. The van der Waals surface area contributed by atoms with Crippen molar-refractivity contribution in [1.82, 2.24) is 0 Å². The second-order valence-electron chi connectivity index (χ2n) is 5.64. The SMILES string of the molecule is Cc1cc(F)cc2c3cccc4oc5cc[n+](I)c(c12)c5c43. The molecule has 22 heavy (non-hydrogen) atoms. The van der Waals surface area contributed by atoms with Crippen LogP contribution in [0.3, 0.4) is 0 Å². The number of benzene rings is 3. The van der Waals surface area contributed by atoms with Crippen molar-refractivity contribution in [2.45, 2.75) is 6.92 Å². The van der Waals surface area contributed by atoms with Crippen LogP contribution in [-0.4, -0.2) is 0 Å². The third-order valence-electron chi connectivity index (χ3n) is 4.38. The van der Waals surface area contributed by atoms with Crippen LogP contribution in [0.15, 0.2) is 47.0 Å². The van der Waals surface area contributed by atoms with Gasteiger partial charge in [-0.15, -0.1) is 2.78 Å². The van der Waals surface area contributed by atoms with E-state index in [4.69, 9.17) is 4.42 Å². The van der Waals surface area contributed by atoms with Crippen LogP contribution < -0.4 is 2.78 Å². The molecule has 2 nitrogen and oxygen atoms in total. The lowest BCUT2D eigenvalue weighted by Gasteiger charge is -2.08. The molecule has 0 aliphatic rings. The third kappa shape index (κ3) is 1.41. The maximum absolute atomic E-state index is 14.0. The number of aromatic nitrogens is 1. The van der Waals surface area contributed by atoms with Gasteiger partial charge in [-0.05, 0) is 41.5 Å². The van der Waals surface area contributed by atoms with E-state index in [0.29, 0.717) is 0 Å². The third-order valence-corrected chi connectivity index (χ3v) is 5.18. The largest absolute Gasteiger partial charge is 0.456 e. The smallest absolute Gasteiger partial charge is 0.354 e. The summed E-state index contributed by atoms with van der Waals surface area (Å²) >= 11 is 2.27. The minimum Gasteiger partial charge on any atom is -0.456 e. The summed E-state index contributed by atoms with van der Waals surface area (Å²) in [5, 5.41) is 5.27. The Morgan fingerprint density at radius 3 is 2.68 bits per heavy atom. The predicted molar refractivity (Wildman–Crippen MR) is 94.2 cm³/mol. The van der Waals surface area contributed by atoms with Crippen molar-refractivity contribution in [2.75, 3.05) is 0 Å². The molecule has 106 valence electrons. The quantitative estimate of drug-likeness (QED) is 0.255. The zero-order valence-corrected chi connectivity index (χ0v) is 13.8. The van der Waals surface area contributed by atoms with E-state index >= 15 is 0 Å². The second kappa shape index (κ2) is 4.07. The minimum atomic E-state index is -0.201. The summed E-state index contributed by atoms with van der Waals surface area (Å²) in [6, 6.07) is 11.2. The molecule has 0 saturated heterocycles. The molecule has 0 atom stereocenters. The summed E-state index contributed by atoms with van der Waals surface area (Å²) in [6.07, 6.45) is 1.98. The fourth-order valence-electron chi connectivity index (χ4n) is 3.56. The first-order valence-corrected chi connectivity index (χ1v) is 7.98. The number of fused-ring (bicyclic) bond motifs is 3. The fourth-order valence-corrected chi connectivity index (χ4v) is 4.20. The molecule has 3 aromatic carbocycles. The fraction of sp³-hybridized carbons (Fsp3) is 0.0556. The summed E-state index contributed by atoms with van der Waals surface area (Å²) in [4.78, 5) is 0. The number of furan rings is 1. The van der Waals surface area contributed by atoms with Crippen LogP contribution >= 0.6 is 22.9 Å². The van der Waals surface area contributed by atoms with Gasteiger partial charge in [0.2, 0.25) is 5.52 Å². The molecule has 0 unspecified atom stereocenters. The molecule has 0 spiro atoms. The van der Waals surface area contributed by atoms with Gasteiger partial charge in [0.1, 0.15) is 22.4 Å². The molecule has 0 bridgehead atoms. The second-order valence-corrected chi connectivity index (χ2v) is 6.68. The first kappa shape index (κ1) is 12.6. The molecule has 0 aliphatic heterocycles. The lowest BCUT2D eigenvalue weighted by molar-refractivity contribution is -0.406. The Balaban J connectivity index is 2.32. The Bertz CT molecular complexity index is 1210. The highest BCUT2D eigenvalue weighted by molar-refractivity contribution is 14.1. The van der Waals surface area contributed by atoms with E-state index in [-0.39, 0.29) is 5.82 Å². The van der Waals surface area contributed by atoms with E-state index in [1.165, 1.54) is 0 Å². The number of pyridine rings is 1. The lowest BCUT2D eigenvalue weighted by Crippen LogP contribution is -2.19. The molecular formula is C18H10FINO+. The van der Waals surface area contributed by atoms with E-state index in [1.54, 1.807) is 12.1 Å². The minimum absolute atomic E-state index is 0.201. The van der Waals surface area contributed by atoms with Crippen LogP contribution in [0.4, 0.5) is 4.39 Å². The average molecular weight is 402 g/mol. The van der Waals surface area contributed by atoms with Crippen LogP contribution in [-0.2, 0) is 0 Å². The van der Waals surface area contributed by atoms with E-state index in [2.05, 4.69) is 25.6 Å². The summed E-state index contributed by atoms with van der Waals surface area (Å²) in [5.41, 5.74) is 3.75. The molecule has 2 heterocycles. The number of hydrogen-bond donors (Lipinski definition) is 0. The van der Waals surface area contributed by atoms with Crippen molar-refractivity contribution in [2.24, 2.45) is 0 Å². The first-order valence-electron chi connectivity index (χ1n) is 7.02. The molecule has 2 aromatic heterocycles. The Hall–Kier alpha value is -1.95. The van der Waals surface area contributed by atoms with Gasteiger partial charge in [0, 0.05) is 11.5 Å². The van der Waals surface area contributed by atoms with Gasteiger partial charge in [-0.25, -0.2) is 4.39 Å². The lowest BCUT2D eigenvalue weighted by atomic mass is 9.94. The maximum Gasteiger partial charge on any atom is 0.354 e. The summed E-state index contributed by atoms with van der Waals surface area (Å²) in [7, 11) is 0. The Kier molecular flexibility index (Phi) is 2.33.